The van der Waals surface area contributed by atoms with Crippen molar-refractivity contribution < 1.29 is 13.2 Å². The van der Waals surface area contributed by atoms with Crippen molar-refractivity contribution in [3.05, 3.63) is 17.5 Å². The molecule has 1 N–H and O–H groups in total. The topological polar surface area (TPSA) is 84.3 Å². The quantitative estimate of drug-likeness (QED) is 0.866. The zero-order chi connectivity index (χ0) is 18.4. The SMILES string of the molecule is CC(C)c1nn([C@H]2CCS(=O)(=O)C2)cc1C(=O)N1C[C@@H](C)N[C@H](C)C1. The van der Waals surface area contributed by atoms with Crippen LogP contribution in [0.15, 0.2) is 6.20 Å². The first kappa shape index (κ1) is 18.4. The molecule has 3 rings (SSSR count). The van der Waals surface area contributed by atoms with Gasteiger partial charge in [0.15, 0.2) is 9.84 Å². The van der Waals surface area contributed by atoms with Crippen molar-refractivity contribution in [3.8, 4) is 0 Å². The molecule has 3 atom stereocenters. The summed E-state index contributed by atoms with van der Waals surface area (Å²) in [5.74, 6) is 0.415. The molecule has 8 heteroatoms. The van der Waals surface area contributed by atoms with Crippen molar-refractivity contribution in [1.82, 2.24) is 20.0 Å². The molecular weight excluding hydrogens is 340 g/mol. The zero-order valence-electron chi connectivity index (χ0n) is 15.4. The Morgan fingerprint density at radius 1 is 1.28 bits per heavy atom. The number of carbonyl (C=O) groups excluding carboxylic acids is 1. The number of sulfone groups is 1. The Morgan fingerprint density at radius 2 is 1.92 bits per heavy atom. The van der Waals surface area contributed by atoms with Crippen LogP contribution in [0.3, 0.4) is 0 Å². The first-order valence-corrected chi connectivity index (χ1v) is 10.8. The maximum atomic E-state index is 13.1. The highest BCUT2D eigenvalue weighted by molar-refractivity contribution is 7.91. The van der Waals surface area contributed by atoms with Gasteiger partial charge in [-0.3, -0.25) is 9.48 Å². The minimum atomic E-state index is -2.99. The van der Waals surface area contributed by atoms with E-state index < -0.39 is 9.84 Å². The van der Waals surface area contributed by atoms with E-state index in [2.05, 4.69) is 24.3 Å². The fourth-order valence-electron chi connectivity index (χ4n) is 3.83. The molecule has 2 aliphatic heterocycles. The van der Waals surface area contributed by atoms with Gasteiger partial charge in [0.2, 0.25) is 0 Å². The normalized spacial score (nSPS) is 29.3. The molecule has 0 spiro atoms. The third-order valence-corrected chi connectivity index (χ3v) is 6.72. The molecule has 0 bridgehead atoms. The number of hydrogen-bond acceptors (Lipinski definition) is 5. The smallest absolute Gasteiger partial charge is 0.257 e. The molecule has 2 fully saturated rings. The van der Waals surface area contributed by atoms with Crippen molar-refractivity contribution in [1.29, 1.82) is 0 Å². The van der Waals surface area contributed by atoms with E-state index in [-0.39, 0.29) is 41.5 Å². The van der Waals surface area contributed by atoms with Crippen molar-refractivity contribution in [2.24, 2.45) is 0 Å². The third kappa shape index (κ3) is 3.89. The van der Waals surface area contributed by atoms with E-state index in [1.807, 2.05) is 18.7 Å². The molecule has 1 aromatic rings. The number of piperazine rings is 1. The molecule has 0 aromatic carbocycles. The maximum Gasteiger partial charge on any atom is 0.257 e. The van der Waals surface area contributed by atoms with Crippen LogP contribution in [0.1, 0.15) is 62.1 Å². The zero-order valence-corrected chi connectivity index (χ0v) is 16.2. The lowest BCUT2D eigenvalue weighted by Crippen LogP contribution is -2.55. The number of nitrogens with one attached hydrogen (secondary N) is 1. The first-order chi connectivity index (χ1) is 11.7. The summed E-state index contributed by atoms with van der Waals surface area (Å²) in [5.41, 5.74) is 1.37. The second-order valence-electron chi connectivity index (χ2n) is 7.80. The molecule has 0 aliphatic carbocycles. The Labute approximate surface area is 149 Å². The summed E-state index contributed by atoms with van der Waals surface area (Å²) in [6.07, 6.45) is 2.33. The summed E-state index contributed by atoms with van der Waals surface area (Å²) in [7, 11) is -2.99. The summed E-state index contributed by atoms with van der Waals surface area (Å²) < 4.78 is 25.3. The van der Waals surface area contributed by atoms with E-state index in [1.54, 1.807) is 10.9 Å². The number of nitrogens with zero attached hydrogens (tertiary/aromatic N) is 3. The molecule has 2 saturated heterocycles. The van der Waals surface area contributed by atoms with E-state index in [0.29, 0.717) is 25.1 Å². The number of amides is 1. The molecule has 1 aromatic heterocycles. The average Bonchev–Trinajstić information content (AvgIpc) is 3.09. The molecule has 1 amide bonds. The minimum absolute atomic E-state index is 0.00370. The van der Waals surface area contributed by atoms with E-state index in [0.717, 1.165) is 5.69 Å². The van der Waals surface area contributed by atoms with E-state index in [4.69, 9.17) is 0 Å². The highest BCUT2D eigenvalue weighted by Crippen LogP contribution is 2.27. The summed E-state index contributed by atoms with van der Waals surface area (Å²) >= 11 is 0. The van der Waals surface area contributed by atoms with Crippen molar-refractivity contribution in [2.75, 3.05) is 24.6 Å². The molecule has 3 heterocycles. The Balaban J connectivity index is 1.88. The monoisotopic (exact) mass is 368 g/mol. The van der Waals surface area contributed by atoms with Gasteiger partial charge in [-0.1, -0.05) is 13.8 Å². The second kappa shape index (κ2) is 6.72. The maximum absolute atomic E-state index is 13.1. The minimum Gasteiger partial charge on any atom is -0.335 e. The van der Waals surface area contributed by atoms with Gasteiger partial charge in [-0.15, -0.1) is 0 Å². The number of hydrogen-bond donors (Lipinski definition) is 1. The third-order valence-electron chi connectivity index (χ3n) is 4.97. The Morgan fingerprint density at radius 3 is 2.44 bits per heavy atom. The van der Waals surface area contributed by atoms with Crippen LogP contribution in [-0.2, 0) is 9.84 Å². The lowest BCUT2D eigenvalue weighted by molar-refractivity contribution is 0.0672. The fraction of sp³-hybridized carbons (Fsp3) is 0.765. The summed E-state index contributed by atoms with van der Waals surface area (Å²) in [5, 5.41) is 8.03. The lowest BCUT2D eigenvalue weighted by Gasteiger charge is -2.36. The predicted octanol–water partition coefficient (Wildman–Crippen LogP) is 1.19. The molecular formula is C17H28N4O3S. The van der Waals surface area contributed by atoms with E-state index in [1.165, 1.54) is 0 Å². The Bertz CT molecular complexity index is 746. The van der Waals surface area contributed by atoms with Gasteiger partial charge in [-0.05, 0) is 26.2 Å². The average molecular weight is 369 g/mol. The molecule has 140 valence electrons. The Kier molecular flexibility index (Phi) is 4.94. The fourth-order valence-corrected chi connectivity index (χ4v) is 5.53. The predicted molar refractivity (Wildman–Crippen MR) is 96.6 cm³/mol. The van der Waals surface area contributed by atoms with Crippen LogP contribution in [0.2, 0.25) is 0 Å². The summed E-state index contributed by atoms with van der Waals surface area (Å²) in [4.78, 5) is 15.0. The van der Waals surface area contributed by atoms with Crippen molar-refractivity contribution >= 4 is 15.7 Å². The summed E-state index contributed by atoms with van der Waals surface area (Å²) in [6.45, 7) is 9.52. The van der Waals surface area contributed by atoms with Gasteiger partial charge in [0.1, 0.15) is 0 Å². The standard InChI is InChI=1S/C17H28N4O3S/c1-11(2)16-15(17(22)20-7-12(3)18-13(4)8-20)9-21(19-16)14-5-6-25(23,24)10-14/h9,11-14,18H,5-8,10H2,1-4H3/t12-,13-,14+/m1/s1. The van der Waals surface area contributed by atoms with Gasteiger partial charge >= 0.3 is 0 Å². The van der Waals surface area contributed by atoms with Gasteiger partial charge < -0.3 is 10.2 Å². The van der Waals surface area contributed by atoms with E-state index in [9.17, 15) is 13.2 Å². The summed E-state index contributed by atoms with van der Waals surface area (Å²) in [6, 6.07) is 0.348. The largest absolute Gasteiger partial charge is 0.335 e. The molecule has 0 saturated carbocycles. The molecule has 2 aliphatic rings. The van der Waals surface area contributed by atoms with Gasteiger partial charge in [-0.25, -0.2) is 8.42 Å². The van der Waals surface area contributed by atoms with Crippen LogP contribution in [-0.4, -0.2) is 65.7 Å². The van der Waals surface area contributed by atoms with E-state index >= 15 is 0 Å². The van der Waals surface area contributed by atoms with Gasteiger partial charge in [0, 0.05) is 31.4 Å². The molecule has 0 radical (unpaired) electrons. The number of aromatic nitrogens is 2. The highest BCUT2D eigenvalue weighted by atomic mass is 32.2. The molecule has 25 heavy (non-hydrogen) atoms. The van der Waals surface area contributed by atoms with Crippen molar-refractivity contribution in [3.63, 3.8) is 0 Å². The van der Waals surface area contributed by atoms with Gasteiger partial charge in [0.05, 0.1) is 28.8 Å². The van der Waals surface area contributed by atoms with Crippen LogP contribution in [0.5, 0.6) is 0 Å². The van der Waals surface area contributed by atoms with Crippen LogP contribution in [0, 0.1) is 0 Å². The van der Waals surface area contributed by atoms with Crippen LogP contribution in [0.4, 0.5) is 0 Å². The van der Waals surface area contributed by atoms with Crippen molar-refractivity contribution in [2.45, 2.75) is 58.2 Å². The number of carbonyl (C=O) groups is 1. The van der Waals surface area contributed by atoms with Crippen LogP contribution in [0.25, 0.3) is 0 Å². The van der Waals surface area contributed by atoms with Crippen LogP contribution < -0.4 is 5.32 Å². The van der Waals surface area contributed by atoms with Crippen LogP contribution >= 0.6 is 0 Å². The molecule has 7 nitrogen and oxygen atoms in total. The highest BCUT2D eigenvalue weighted by Gasteiger charge is 2.33. The van der Waals surface area contributed by atoms with Gasteiger partial charge in [0.25, 0.3) is 5.91 Å². The van der Waals surface area contributed by atoms with Gasteiger partial charge in [-0.2, -0.15) is 5.10 Å². The first-order valence-electron chi connectivity index (χ1n) is 9.01. The molecule has 0 unspecified atom stereocenters. The lowest BCUT2D eigenvalue weighted by atomic mass is 10.0. The number of rotatable bonds is 3. The second-order valence-corrected chi connectivity index (χ2v) is 10.0. The Hall–Kier alpha value is -1.41.